The number of rotatable bonds is 5. The third kappa shape index (κ3) is 4.52. The maximum atomic E-state index is 12.7. The van der Waals surface area contributed by atoms with Crippen LogP contribution in [0.2, 0.25) is 5.02 Å². The minimum atomic E-state index is -4.33. The van der Waals surface area contributed by atoms with Crippen LogP contribution in [-0.2, 0) is 17.6 Å². The standard InChI is InChI=1S/C18H16ClF3N2O/c19-16-7-2-1-6-15(16)17-9-14(25-24-17)11-23-10-12-4-3-5-13(8-12)18(20,21)22/h1-8,14,23H,9-11H2/t14-/m0/s1. The molecule has 7 heteroatoms. The number of alkyl halides is 3. The monoisotopic (exact) mass is 368 g/mol. The van der Waals surface area contributed by atoms with Crippen LogP contribution in [0.1, 0.15) is 23.1 Å². The predicted octanol–water partition coefficient (Wildman–Crippen LogP) is 4.64. The fraction of sp³-hybridized carbons (Fsp3) is 0.278. The van der Waals surface area contributed by atoms with Crippen molar-refractivity contribution in [2.75, 3.05) is 6.54 Å². The largest absolute Gasteiger partial charge is 0.416 e. The van der Waals surface area contributed by atoms with Crippen molar-refractivity contribution in [2.45, 2.75) is 25.2 Å². The highest BCUT2D eigenvalue weighted by Crippen LogP contribution is 2.29. The molecule has 0 amide bonds. The van der Waals surface area contributed by atoms with Crippen LogP contribution >= 0.6 is 11.6 Å². The SMILES string of the molecule is FC(F)(F)c1cccc(CNC[C@@H]2CC(c3ccccc3Cl)=NO2)c1. The molecule has 1 aliphatic rings. The molecule has 0 radical (unpaired) electrons. The maximum Gasteiger partial charge on any atom is 0.416 e. The topological polar surface area (TPSA) is 33.6 Å². The van der Waals surface area contributed by atoms with Crippen molar-refractivity contribution in [2.24, 2.45) is 5.16 Å². The van der Waals surface area contributed by atoms with E-state index in [4.69, 9.17) is 16.4 Å². The van der Waals surface area contributed by atoms with Crippen molar-refractivity contribution < 1.29 is 18.0 Å². The van der Waals surface area contributed by atoms with Crippen LogP contribution in [0.25, 0.3) is 0 Å². The molecule has 0 bridgehead atoms. The van der Waals surface area contributed by atoms with E-state index in [9.17, 15) is 13.2 Å². The van der Waals surface area contributed by atoms with Gasteiger partial charge in [-0.1, -0.05) is 53.2 Å². The average molecular weight is 369 g/mol. The van der Waals surface area contributed by atoms with Crippen molar-refractivity contribution in [3.63, 3.8) is 0 Å². The van der Waals surface area contributed by atoms with Crippen LogP contribution in [0.5, 0.6) is 0 Å². The molecule has 2 aromatic carbocycles. The smallest absolute Gasteiger partial charge is 0.390 e. The van der Waals surface area contributed by atoms with E-state index in [1.165, 1.54) is 6.07 Å². The van der Waals surface area contributed by atoms with Crippen molar-refractivity contribution in [1.82, 2.24) is 5.32 Å². The Kier molecular flexibility index (Phi) is 5.30. The summed E-state index contributed by atoms with van der Waals surface area (Å²) in [6, 6.07) is 12.7. The van der Waals surface area contributed by atoms with Gasteiger partial charge in [-0.3, -0.25) is 0 Å². The Morgan fingerprint density at radius 2 is 1.96 bits per heavy atom. The fourth-order valence-corrected chi connectivity index (χ4v) is 2.87. The lowest BCUT2D eigenvalue weighted by Crippen LogP contribution is -2.27. The highest BCUT2D eigenvalue weighted by atomic mass is 35.5. The first-order valence-electron chi connectivity index (χ1n) is 7.78. The van der Waals surface area contributed by atoms with E-state index in [0.717, 1.165) is 23.4 Å². The lowest BCUT2D eigenvalue weighted by atomic mass is 10.0. The number of hydrogen-bond acceptors (Lipinski definition) is 3. The molecule has 0 saturated carbocycles. The molecule has 3 rings (SSSR count). The molecule has 132 valence electrons. The van der Waals surface area contributed by atoms with E-state index in [1.54, 1.807) is 12.1 Å². The molecule has 25 heavy (non-hydrogen) atoms. The normalized spacial score (nSPS) is 17.3. The quantitative estimate of drug-likeness (QED) is 0.834. The molecule has 1 aliphatic heterocycles. The third-order valence-electron chi connectivity index (χ3n) is 3.87. The van der Waals surface area contributed by atoms with Crippen molar-refractivity contribution >= 4 is 17.3 Å². The third-order valence-corrected chi connectivity index (χ3v) is 4.20. The number of oxime groups is 1. The van der Waals surface area contributed by atoms with Gasteiger partial charge in [-0.15, -0.1) is 0 Å². The molecule has 2 aromatic rings. The van der Waals surface area contributed by atoms with Gasteiger partial charge in [0.1, 0.15) is 6.10 Å². The summed E-state index contributed by atoms with van der Waals surface area (Å²) < 4.78 is 38.1. The fourth-order valence-electron chi connectivity index (χ4n) is 2.63. The molecule has 3 nitrogen and oxygen atoms in total. The Balaban J connectivity index is 1.51. The minimum Gasteiger partial charge on any atom is -0.390 e. The van der Waals surface area contributed by atoms with Gasteiger partial charge in [0.05, 0.1) is 11.3 Å². The Morgan fingerprint density at radius 3 is 2.72 bits per heavy atom. The number of hydrogen-bond donors (Lipinski definition) is 1. The van der Waals surface area contributed by atoms with Crippen molar-refractivity contribution in [1.29, 1.82) is 0 Å². The molecule has 0 saturated heterocycles. The second-order valence-electron chi connectivity index (χ2n) is 5.78. The molecular weight excluding hydrogens is 353 g/mol. The summed E-state index contributed by atoms with van der Waals surface area (Å²) in [6.07, 6.45) is -3.90. The van der Waals surface area contributed by atoms with Crippen molar-refractivity contribution in [3.05, 3.63) is 70.2 Å². The molecular formula is C18H16ClF3N2O. The molecule has 1 heterocycles. The summed E-state index contributed by atoms with van der Waals surface area (Å²) >= 11 is 6.14. The number of benzene rings is 2. The summed E-state index contributed by atoms with van der Waals surface area (Å²) in [5, 5.41) is 7.79. The van der Waals surface area contributed by atoms with Gasteiger partial charge in [-0.05, 0) is 17.7 Å². The molecule has 0 aromatic heterocycles. The highest BCUT2D eigenvalue weighted by molar-refractivity contribution is 6.34. The molecule has 0 unspecified atom stereocenters. The lowest BCUT2D eigenvalue weighted by Gasteiger charge is -2.11. The number of nitrogens with one attached hydrogen (secondary N) is 1. The zero-order valence-electron chi connectivity index (χ0n) is 13.2. The average Bonchev–Trinajstić information content (AvgIpc) is 3.03. The van der Waals surface area contributed by atoms with Crippen LogP contribution in [0.15, 0.2) is 53.7 Å². The molecule has 1 N–H and O–H groups in total. The Morgan fingerprint density at radius 1 is 1.16 bits per heavy atom. The van der Waals surface area contributed by atoms with Gasteiger partial charge in [0.15, 0.2) is 0 Å². The van der Waals surface area contributed by atoms with Gasteiger partial charge in [0.2, 0.25) is 0 Å². The summed E-state index contributed by atoms with van der Waals surface area (Å²) in [5.41, 5.74) is 1.54. The number of nitrogens with zero attached hydrogens (tertiary/aromatic N) is 1. The number of halogens is 4. The molecule has 0 fully saturated rings. The zero-order valence-corrected chi connectivity index (χ0v) is 13.9. The van der Waals surface area contributed by atoms with E-state index in [-0.39, 0.29) is 6.10 Å². The van der Waals surface area contributed by atoms with Crippen LogP contribution < -0.4 is 5.32 Å². The second kappa shape index (κ2) is 7.45. The Bertz CT molecular complexity index is 777. The van der Waals surface area contributed by atoms with Gasteiger partial charge in [0.25, 0.3) is 0 Å². The first kappa shape index (κ1) is 17.8. The van der Waals surface area contributed by atoms with Crippen LogP contribution in [0.3, 0.4) is 0 Å². The first-order chi connectivity index (χ1) is 11.9. The minimum absolute atomic E-state index is 0.169. The molecule has 1 atom stereocenters. The van der Waals surface area contributed by atoms with Gasteiger partial charge in [-0.25, -0.2) is 0 Å². The van der Waals surface area contributed by atoms with E-state index < -0.39 is 11.7 Å². The second-order valence-corrected chi connectivity index (χ2v) is 6.19. The van der Waals surface area contributed by atoms with E-state index >= 15 is 0 Å². The van der Waals surface area contributed by atoms with Gasteiger partial charge >= 0.3 is 6.18 Å². The van der Waals surface area contributed by atoms with Crippen LogP contribution in [-0.4, -0.2) is 18.4 Å². The maximum absolute atomic E-state index is 12.7. The summed E-state index contributed by atoms with van der Waals surface area (Å²) in [5.74, 6) is 0. The van der Waals surface area contributed by atoms with Gasteiger partial charge in [0, 0.05) is 30.1 Å². The lowest BCUT2D eigenvalue weighted by molar-refractivity contribution is -0.137. The van der Waals surface area contributed by atoms with E-state index in [2.05, 4.69) is 10.5 Å². The highest BCUT2D eigenvalue weighted by Gasteiger charge is 2.30. The van der Waals surface area contributed by atoms with Crippen molar-refractivity contribution in [3.8, 4) is 0 Å². The zero-order chi connectivity index (χ0) is 17.9. The molecule has 0 spiro atoms. The summed E-state index contributed by atoms with van der Waals surface area (Å²) in [4.78, 5) is 5.38. The summed E-state index contributed by atoms with van der Waals surface area (Å²) in [7, 11) is 0. The van der Waals surface area contributed by atoms with Crippen LogP contribution in [0, 0.1) is 0 Å². The molecule has 0 aliphatic carbocycles. The van der Waals surface area contributed by atoms with Crippen LogP contribution in [0.4, 0.5) is 13.2 Å². The predicted molar refractivity (Wildman–Crippen MR) is 90.6 cm³/mol. The Hall–Kier alpha value is -2.05. The van der Waals surface area contributed by atoms with Gasteiger partial charge < -0.3 is 10.2 Å². The van der Waals surface area contributed by atoms with E-state index in [1.807, 2.05) is 18.2 Å². The van der Waals surface area contributed by atoms with Gasteiger partial charge in [-0.2, -0.15) is 13.2 Å². The Labute approximate surface area is 148 Å². The van der Waals surface area contributed by atoms with E-state index in [0.29, 0.717) is 30.1 Å². The first-order valence-corrected chi connectivity index (χ1v) is 8.16. The summed E-state index contributed by atoms with van der Waals surface area (Å²) in [6.45, 7) is 0.804.